The minimum absolute atomic E-state index is 0.0472. The minimum Gasteiger partial charge on any atom is -0.467 e. The highest BCUT2D eigenvalue weighted by molar-refractivity contribution is 6.09. The van der Waals surface area contributed by atoms with Crippen LogP contribution in [0.15, 0.2) is 30.3 Å². The molecule has 0 fully saturated rings. The number of benzene rings is 2. The maximum atomic E-state index is 13.8. The van der Waals surface area contributed by atoms with E-state index in [2.05, 4.69) is 0 Å². The van der Waals surface area contributed by atoms with E-state index in [1.165, 1.54) is 40.6 Å². The van der Waals surface area contributed by atoms with Crippen LogP contribution >= 0.6 is 0 Å². The fraction of sp³-hybridized carbons (Fsp3) is 0.375. The Kier molecular flexibility index (Phi) is 11.3. The van der Waals surface area contributed by atoms with E-state index < -0.39 is 5.82 Å². The molecule has 0 heterocycles. The molecule has 0 radical (unpaired) electrons. The van der Waals surface area contributed by atoms with Crippen LogP contribution in [0.2, 0.25) is 0 Å². The topological polar surface area (TPSA) is 90.9 Å². The van der Waals surface area contributed by atoms with Crippen LogP contribution in [0.3, 0.4) is 0 Å². The van der Waals surface area contributed by atoms with Gasteiger partial charge in [0.2, 0.25) is 5.75 Å². The second-order valence-corrected chi connectivity index (χ2v) is 6.84. The largest absolute Gasteiger partial charge is 0.467 e. The van der Waals surface area contributed by atoms with Crippen LogP contribution in [0.5, 0.6) is 23.0 Å². The molecule has 0 atom stereocenters. The van der Waals surface area contributed by atoms with Crippen molar-refractivity contribution in [1.29, 1.82) is 0 Å². The van der Waals surface area contributed by atoms with Gasteiger partial charge in [0.15, 0.2) is 44.5 Å². The molecule has 2 aromatic carbocycles. The summed E-state index contributed by atoms with van der Waals surface area (Å²) in [5, 5.41) is 0. The summed E-state index contributed by atoms with van der Waals surface area (Å²) in [5.41, 5.74) is 1.22. The van der Waals surface area contributed by atoms with Crippen molar-refractivity contribution in [3.05, 3.63) is 52.8 Å². The maximum Gasteiger partial charge on any atom is 0.206 e. The minimum atomic E-state index is -0.518. The molecule has 0 bridgehead atoms. The van der Waals surface area contributed by atoms with E-state index in [1.807, 2.05) is 0 Å². The first kappa shape index (κ1) is 27.1. The second-order valence-electron chi connectivity index (χ2n) is 6.84. The lowest BCUT2D eigenvalue weighted by Crippen LogP contribution is -2.08. The maximum absolute atomic E-state index is 13.8. The van der Waals surface area contributed by atoms with Crippen LogP contribution in [0.1, 0.15) is 21.5 Å². The smallest absolute Gasteiger partial charge is 0.206 e. The lowest BCUT2D eigenvalue weighted by Gasteiger charge is -2.17. The Balaban J connectivity index is 2.43. The van der Waals surface area contributed by atoms with Crippen molar-refractivity contribution in [2.75, 3.05) is 55.6 Å². The monoisotopic (exact) mass is 480 g/mol. The first-order valence-electron chi connectivity index (χ1n) is 10.1. The Bertz CT molecular complexity index is 946. The van der Waals surface area contributed by atoms with Gasteiger partial charge in [-0.1, -0.05) is 6.08 Å². The number of carbonyl (C=O) groups is 1. The van der Waals surface area contributed by atoms with E-state index in [1.54, 1.807) is 25.1 Å². The standard InChI is InChI=1S/C24H29FO9/c1-16-8-18(25)11-20(31-12-27-2)23(16)19(26)7-6-17-9-21(32-13-28-3)24(34-15-30-5)22(10-17)33-14-29-4/h6-11H,12-15H2,1-5H3/b7-6+. The third-order valence-corrected chi connectivity index (χ3v) is 4.30. The average molecular weight is 480 g/mol. The number of hydrogen-bond donors (Lipinski definition) is 0. The van der Waals surface area contributed by atoms with Crippen molar-refractivity contribution < 1.29 is 47.1 Å². The molecule has 0 aliphatic carbocycles. The van der Waals surface area contributed by atoms with Gasteiger partial charge in [-0.15, -0.1) is 0 Å². The van der Waals surface area contributed by atoms with Crippen molar-refractivity contribution in [1.82, 2.24) is 0 Å². The van der Waals surface area contributed by atoms with Crippen LogP contribution in [0, 0.1) is 12.7 Å². The van der Waals surface area contributed by atoms with Gasteiger partial charge in [-0.05, 0) is 42.3 Å². The summed E-state index contributed by atoms with van der Waals surface area (Å²) in [5.74, 6) is 0.0793. The summed E-state index contributed by atoms with van der Waals surface area (Å²) in [4.78, 5) is 13.0. The van der Waals surface area contributed by atoms with Gasteiger partial charge in [0, 0.05) is 34.5 Å². The highest BCUT2D eigenvalue weighted by Crippen LogP contribution is 2.39. The number of methoxy groups -OCH3 is 4. The van der Waals surface area contributed by atoms with Crippen molar-refractivity contribution in [3.8, 4) is 23.0 Å². The number of allylic oxidation sites excluding steroid dienone is 1. The zero-order valence-electron chi connectivity index (χ0n) is 19.8. The predicted octanol–water partition coefficient (Wildman–Crippen LogP) is 3.96. The highest BCUT2D eigenvalue weighted by Gasteiger charge is 2.18. The van der Waals surface area contributed by atoms with E-state index in [9.17, 15) is 9.18 Å². The third kappa shape index (κ3) is 7.70. The number of ether oxygens (including phenoxy) is 8. The van der Waals surface area contributed by atoms with Gasteiger partial charge in [-0.3, -0.25) is 4.79 Å². The quantitative estimate of drug-likeness (QED) is 0.213. The molecule has 2 aromatic rings. The molecule has 0 unspecified atom stereocenters. The lowest BCUT2D eigenvalue weighted by atomic mass is 10.0. The summed E-state index contributed by atoms with van der Waals surface area (Å²) in [6.07, 6.45) is 2.90. The molecular formula is C24H29FO9. The van der Waals surface area contributed by atoms with Crippen LogP contribution in [0.25, 0.3) is 6.08 Å². The molecular weight excluding hydrogens is 451 g/mol. The Hall–Kier alpha value is -3.18. The molecule has 0 aliphatic heterocycles. The van der Waals surface area contributed by atoms with Crippen molar-refractivity contribution in [2.24, 2.45) is 0 Å². The molecule has 0 amide bonds. The van der Waals surface area contributed by atoms with Gasteiger partial charge in [0.1, 0.15) is 11.6 Å². The van der Waals surface area contributed by atoms with E-state index in [0.717, 1.165) is 6.07 Å². The molecule has 186 valence electrons. The highest BCUT2D eigenvalue weighted by atomic mass is 19.1. The Labute approximate surface area is 197 Å². The van der Waals surface area contributed by atoms with Gasteiger partial charge < -0.3 is 37.9 Å². The summed E-state index contributed by atoms with van der Waals surface area (Å²) < 4.78 is 55.9. The van der Waals surface area contributed by atoms with Gasteiger partial charge in [0.25, 0.3) is 0 Å². The Morgan fingerprint density at radius 1 is 0.765 bits per heavy atom. The normalized spacial score (nSPS) is 11.0. The molecule has 9 nitrogen and oxygen atoms in total. The fourth-order valence-corrected chi connectivity index (χ4v) is 2.93. The number of halogens is 1. The van der Waals surface area contributed by atoms with Crippen molar-refractivity contribution in [2.45, 2.75) is 6.92 Å². The number of hydrogen-bond acceptors (Lipinski definition) is 9. The predicted molar refractivity (Wildman–Crippen MR) is 121 cm³/mol. The fourth-order valence-electron chi connectivity index (χ4n) is 2.93. The van der Waals surface area contributed by atoms with Crippen LogP contribution in [-0.2, 0) is 18.9 Å². The molecule has 0 saturated heterocycles. The first-order chi connectivity index (χ1) is 16.4. The summed E-state index contributed by atoms with van der Waals surface area (Å²) >= 11 is 0. The molecule has 0 N–H and O–H groups in total. The summed E-state index contributed by atoms with van der Waals surface area (Å²) in [6.45, 7) is 1.35. The van der Waals surface area contributed by atoms with Crippen LogP contribution in [-0.4, -0.2) is 61.4 Å². The molecule has 0 saturated carbocycles. The van der Waals surface area contributed by atoms with Gasteiger partial charge in [0.05, 0.1) is 5.56 Å². The van der Waals surface area contributed by atoms with Gasteiger partial charge >= 0.3 is 0 Å². The molecule has 0 spiro atoms. The third-order valence-electron chi connectivity index (χ3n) is 4.30. The van der Waals surface area contributed by atoms with Crippen LogP contribution < -0.4 is 18.9 Å². The molecule has 2 rings (SSSR count). The zero-order valence-corrected chi connectivity index (χ0v) is 19.8. The summed E-state index contributed by atoms with van der Waals surface area (Å²) in [7, 11) is 5.87. The van der Waals surface area contributed by atoms with Crippen molar-refractivity contribution >= 4 is 11.9 Å². The second kappa shape index (κ2) is 14.2. The Morgan fingerprint density at radius 3 is 1.79 bits per heavy atom. The van der Waals surface area contributed by atoms with E-state index in [0.29, 0.717) is 22.6 Å². The van der Waals surface area contributed by atoms with Crippen molar-refractivity contribution in [3.63, 3.8) is 0 Å². The molecule has 0 aromatic heterocycles. The van der Waals surface area contributed by atoms with Gasteiger partial charge in [-0.2, -0.15) is 0 Å². The summed E-state index contributed by atoms with van der Waals surface area (Å²) in [6, 6.07) is 5.69. The number of ketones is 1. The average Bonchev–Trinajstić information content (AvgIpc) is 2.82. The SMILES string of the molecule is COCOc1cc(/C=C/C(=O)c2c(C)cc(F)cc2OCOC)cc(OCOC)c1OCOC. The Morgan fingerprint density at radius 2 is 1.26 bits per heavy atom. The first-order valence-corrected chi connectivity index (χ1v) is 10.1. The van der Waals surface area contributed by atoms with E-state index in [4.69, 9.17) is 37.9 Å². The van der Waals surface area contributed by atoms with E-state index in [-0.39, 0.29) is 50.0 Å². The molecule has 34 heavy (non-hydrogen) atoms. The van der Waals surface area contributed by atoms with E-state index >= 15 is 0 Å². The van der Waals surface area contributed by atoms with Crippen LogP contribution in [0.4, 0.5) is 4.39 Å². The zero-order chi connectivity index (χ0) is 24.9. The number of aryl methyl sites for hydroxylation is 1. The van der Waals surface area contributed by atoms with Gasteiger partial charge in [-0.25, -0.2) is 4.39 Å². The molecule has 10 heteroatoms. The molecule has 0 aliphatic rings. The lowest BCUT2D eigenvalue weighted by molar-refractivity contribution is 0.0218. The number of rotatable bonds is 15. The number of carbonyl (C=O) groups excluding carboxylic acids is 1.